The first-order valence-corrected chi connectivity index (χ1v) is 8.38. The lowest BCUT2D eigenvalue weighted by atomic mass is 9.94. The second-order valence-corrected chi connectivity index (χ2v) is 6.87. The summed E-state index contributed by atoms with van der Waals surface area (Å²) in [6.45, 7) is 10.9. The minimum absolute atomic E-state index is 0.283. The van der Waals surface area contributed by atoms with Crippen LogP contribution in [0.25, 0.3) is 0 Å². The van der Waals surface area contributed by atoms with Crippen molar-refractivity contribution in [2.75, 3.05) is 32.8 Å². The Morgan fingerprint density at radius 2 is 2.10 bits per heavy atom. The van der Waals surface area contributed by atoms with Gasteiger partial charge in [0, 0.05) is 18.6 Å². The Hall–Kier alpha value is -0.650. The molecule has 0 amide bonds. The molecule has 0 aromatic rings. The van der Waals surface area contributed by atoms with E-state index in [4.69, 9.17) is 10.5 Å². The summed E-state index contributed by atoms with van der Waals surface area (Å²) < 4.78 is 5.10. The normalized spacial score (nSPS) is 28.5. The molecule has 3 atom stereocenters. The highest BCUT2D eigenvalue weighted by molar-refractivity contribution is 5.80. The molecule has 122 valence electrons. The van der Waals surface area contributed by atoms with Gasteiger partial charge in [-0.25, -0.2) is 0 Å². The van der Waals surface area contributed by atoms with Gasteiger partial charge in [0.1, 0.15) is 5.54 Å². The number of hydrogen-bond acceptors (Lipinski definition) is 5. The number of nitrogens with two attached hydrogens (primary N) is 1. The molecule has 2 fully saturated rings. The standard InChI is InChI=1S/C16H31N3O2/c1-4-21-15(20)16(3,17)11-13(2)19-10-6-9-18-8-5-7-14(18)12-19/h13-14H,4-12,17H2,1-3H3. The van der Waals surface area contributed by atoms with Gasteiger partial charge in [0.15, 0.2) is 0 Å². The largest absolute Gasteiger partial charge is 0.465 e. The first-order chi connectivity index (χ1) is 9.94. The van der Waals surface area contributed by atoms with Crippen molar-refractivity contribution < 1.29 is 9.53 Å². The van der Waals surface area contributed by atoms with Crippen molar-refractivity contribution in [2.24, 2.45) is 5.73 Å². The van der Waals surface area contributed by atoms with E-state index in [1.807, 2.05) is 6.92 Å². The van der Waals surface area contributed by atoms with Gasteiger partial charge in [0.2, 0.25) is 0 Å². The van der Waals surface area contributed by atoms with Crippen LogP contribution in [0.1, 0.15) is 46.5 Å². The van der Waals surface area contributed by atoms with Gasteiger partial charge in [-0.15, -0.1) is 0 Å². The van der Waals surface area contributed by atoms with Crippen LogP contribution in [0.3, 0.4) is 0 Å². The van der Waals surface area contributed by atoms with Gasteiger partial charge in [0.05, 0.1) is 6.61 Å². The molecular weight excluding hydrogens is 266 g/mol. The molecule has 0 saturated carbocycles. The summed E-state index contributed by atoms with van der Waals surface area (Å²) in [5.74, 6) is -0.283. The van der Waals surface area contributed by atoms with Crippen LogP contribution in [-0.2, 0) is 9.53 Å². The Kier molecular flexibility index (Phi) is 5.63. The van der Waals surface area contributed by atoms with Gasteiger partial charge in [-0.2, -0.15) is 0 Å². The van der Waals surface area contributed by atoms with Crippen molar-refractivity contribution in [3.8, 4) is 0 Å². The average molecular weight is 297 g/mol. The van der Waals surface area contributed by atoms with Crippen molar-refractivity contribution >= 4 is 5.97 Å². The monoisotopic (exact) mass is 297 g/mol. The second kappa shape index (κ2) is 7.07. The van der Waals surface area contributed by atoms with Gasteiger partial charge in [-0.05, 0) is 66.1 Å². The lowest BCUT2D eigenvalue weighted by Crippen LogP contribution is -2.52. The lowest BCUT2D eigenvalue weighted by Gasteiger charge is -2.34. The predicted octanol–water partition coefficient (Wildman–Crippen LogP) is 1.22. The molecule has 5 nitrogen and oxygen atoms in total. The minimum atomic E-state index is -0.892. The number of carbonyl (C=O) groups is 1. The number of nitrogens with zero attached hydrogens (tertiary/aromatic N) is 2. The van der Waals surface area contributed by atoms with Crippen LogP contribution in [0.5, 0.6) is 0 Å². The van der Waals surface area contributed by atoms with Crippen LogP contribution >= 0.6 is 0 Å². The molecule has 2 aliphatic heterocycles. The van der Waals surface area contributed by atoms with Gasteiger partial charge >= 0.3 is 5.97 Å². The van der Waals surface area contributed by atoms with Crippen molar-refractivity contribution in [3.63, 3.8) is 0 Å². The zero-order chi connectivity index (χ0) is 15.5. The number of hydrogen-bond donors (Lipinski definition) is 1. The number of esters is 1. The van der Waals surface area contributed by atoms with Gasteiger partial charge in [-0.3, -0.25) is 14.6 Å². The van der Waals surface area contributed by atoms with Crippen LogP contribution < -0.4 is 5.73 Å². The maximum Gasteiger partial charge on any atom is 0.325 e. The first-order valence-electron chi connectivity index (χ1n) is 8.38. The molecular formula is C16H31N3O2. The molecule has 2 heterocycles. The lowest BCUT2D eigenvalue weighted by molar-refractivity contribution is -0.149. The van der Waals surface area contributed by atoms with Crippen LogP contribution in [-0.4, -0.2) is 66.2 Å². The van der Waals surface area contributed by atoms with Crippen molar-refractivity contribution in [2.45, 2.75) is 64.1 Å². The SMILES string of the molecule is CCOC(=O)C(C)(N)CC(C)N1CCCN2CCCC2C1. The Morgan fingerprint density at radius 3 is 2.81 bits per heavy atom. The zero-order valence-corrected chi connectivity index (χ0v) is 13.8. The van der Waals surface area contributed by atoms with Crippen LogP contribution in [0, 0.1) is 0 Å². The van der Waals surface area contributed by atoms with Gasteiger partial charge in [-0.1, -0.05) is 0 Å². The Balaban J connectivity index is 1.92. The van der Waals surface area contributed by atoms with Crippen molar-refractivity contribution in [1.29, 1.82) is 0 Å². The topological polar surface area (TPSA) is 58.8 Å². The average Bonchev–Trinajstić information content (AvgIpc) is 2.75. The molecule has 2 N–H and O–H groups in total. The number of rotatable bonds is 5. The van der Waals surface area contributed by atoms with E-state index in [1.165, 1.54) is 32.4 Å². The third kappa shape index (κ3) is 4.18. The molecule has 0 radical (unpaired) electrons. The number of ether oxygens (including phenoxy) is 1. The fourth-order valence-electron chi connectivity index (χ4n) is 3.76. The van der Waals surface area contributed by atoms with E-state index in [0.717, 1.165) is 13.1 Å². The molecule has 2 rings (SSSR count). The fourth-order valence-corrected chi connectivity index (χ4v) is 3.76. The molecule has 2 saturated heterocycles. The third-order valence-electron chi connectivity index (χ3n) is 4.92. The van der Waals surface area contributed by atoms with E-state index < -0.39 is 5.54 Å². The summed E-state index contributed by atoms with van der Waals surface area (Å²) in [7, 11) is 0. The van der Waals surface area contributed by atoms with E-state index in [2.05, 4.69) is 16.7 Å². The van der Waals surface area contributed by atoms with E-state index >= 15 is 0 Å². The van der Waals surface area contributed by atoms with Crippen LogP contribution in [0.4, 0.5) is 0 Å². The highest BCUT2D eigenvalue weighted by Crippen LogP contribution is 2.24. The summed E-state index contributed by atoms with van der Waals surface area (Å²) in [6, 6.07) is 1.01. The zero-order valence-electron chi connectivity index (χ0n) is 13.8. The summed E-state index contributed by atoms with van der Waals surface area (Å²) >= 11 is 0. The van der Waals surface area contributed by atoms with Crippen molar-refractivity contribution in [1.82, 2.24) is 9.80 Å². The summed E-state index contributed by atoms with van der Waals surface area (Å²) in [4.78, 5) is 17.1. The maximum absolute atomic E-state index is 12.0. The number of carbonyl (C=O) groups excluding carboxylic acids is 1. The first kappa shape index (κ1) is 16.7. The molecule has 0 spiro atoms. The molecule has 3 unspecified atom stereocenters. The van der Waals surface area contributed by atoms with E-state index in [0.29, 0.717) is 25.1 Å². The Morgan fingerprint density at radius 1 is 1.38 bits per heavy atom. The molecule has 0 aliphatic carbocycles. The summed E-state index contributed by atoms with van der Waals surface area (Å²) in [5.41, 5.74) is 5.30. The Labute approximate surface area is 128 Å². The highest BCUT2D eigenvalue weighted by atomic mass is 16.5. The highest BCUT2D eigenvalue weighted by Gasteiger charge is 2.36. The Bertz CT molecular complexity index is 359. The smallest absolute Gasteiger partial charge is 0.325 e. The van der Waals surface area contributed by atoms with E-state index in [9.17, 15) is 4.79 Å². The fraction of sp³-hybridized carbons (Fsp3) is 0.938. The van der Waals surface area contributed by atoms with Gasteiger partial charge in [0.25, 0.3) is 0 Å². The number of fused-ring (bicyclic) bond motifs is 1. The molecule has 0 aromatic heterocycles. The molecule has 5 heteroatoms. The third-order valence-corrected chi connectivity index (χ3v) is 4.92. The molecule has 21 heavy (non-hydrogen) atoms. The van der Waals surface area contributed by atoms with E-state index in [-0.39, 0.29) is 5.97 Å². The predicted molar refractivity (Wildman–Crippen MR) is 84.1 cm³/mol. The second-order valence-electron chi connectivity index (χ2n) is 6.87. The maximum atomic E-state index is 12.0. The summed E-state index contributed by atoms with van der Waals surface area (Å²) in [6.07, 6.45) is 4.49. The van der Waals surface area contributed by atoms with Gasteiger partial charge < -0.3 is 10.5 Å². The van der Waals surface area contributed by atoms with Crippen LogP contribution in [0.15, 0.2) is 0 Å². The summed E-state index contributed by atoms with van der Waals surface area (Å²) in [5, 5.41) is 0. The van der Waals surface area contributed by atoms with Crippen LogP contribution in [0.2, 0.25) is 0 Å². The van der Waals surface area contributed by atoms with Crippen molar-refractivity contribution in [3.05, 3.63) is 0 Å². The quantitative estimate of drug-likeness (QED) is 0.773. The van der Waals surface area contributed by atoms with E-state index in [1.54, 1.807) is 6.92 Å². The minimum Gasteiger partial charge on any atom is -0.465 e. The molecule has 2 aliphatic rings. The molecule has 0 aromatic carbocycles. The molecule has 0 bridgehead atoms.